The average Bonchev–Trinajstić information content (AvgIpc) is 2.46. The molecule has 2 nitrogen and oxygen atoms in total. The molecule has 0 spiro atoms. The Morgan fingerprint density at radius 3 is 2.10 bits per heavy atom. The molecule has 0 aliphatic carbocycles. The van der Waals surface area contributed by atoms with E-state index in [0.29, 0.717) is 6.54 Å². The van der Waals surface area contributed by atoms with Crippen LogP contribution in [0, 0.1) is 0 Å². The first-order valence-electron chi connectivity index (χ1n) is 7.05. The second-order valence-corrected chi connectivity index (χ2v) is 6.20. The van der Waals surface area contributed by atoms with Crippen LogP contribution in [-0.4, -0.2) is 7.05 Å². The van der Waals surface area contributed by atoms with Crippen molar-refractivity contribution in [2.24, 2.45) is 5.73 Å². The Morgan fingerprint density at radius 1 is 0.950 bits per heavy atom. The lowest BCUT2D eigenvalue weighted by Crippen LogP contribution is -2.19. The molecule has 0 saturated heterocycles. The molecule has 106 valence electrons. The summed E-state index contributed by atoms with van der Waals surface area (Å²) in [7, 11) is 2.11. The Bertz CT molecular complexity index is 565. The highest BCUT2D eigenvalue weighted by atomic mass is 15.1. The smallest absolute Gasteiger partial charge is 0.0446 e. The molecule has 0 aliphatic rings. The Hall–Kier alpha value is -1.80. The van der Waals surface area contributed by atoms with Gasteiger partial charge in [-0.3, -0.25) is 0 Å². The van der Waals surface area contributed by atoms with Crippen LogP contribution in [0.15, 0.2) is 48.5 Å². The summed E-state index contributed by atoms with van der Waals surface area (Å²) in [5.41, 5.74) is 10.7. The van der Waals surface area contributed by atoms with Gasteiger partial charge in [0, 0.05) is 25.0 Å². The van der Waals surface area contributed by atoms with E-state index in [9.17, 15) is 0 Å². The Morgan fingerprint density at radius 2 is 1.55 bits per heavy atom. The van der Waals surface area contributed by atoms with Crippen molar-refractivity contribution in [3.8, 4) is 0 Å². The molecular weight excluding hydrogens is 244 g/mol. The standard InChI is InChI=1S/C18H24N2/c1-18(2,3)16-7-5-6-8-17(16)20(4)15-11-9-14(13-19)10-12-15/h5-12H,13,19H2,1-4H3. The molecule has 2 heteroatoms. The lowest BCUT2D eigenvalue weighted by atomic mass is 9.85. The Balaban J connectivity index is 2.40. The number of benzene rings is 2. The van der Waals surface area contributed by atoms with E-state index in [4.69, 9.17) is 5.73 Å². The van der Waals surface area contributed by atoms with Crippen LogP contribution in [0.1, 0.15) is 31.9 Å². The second-order valence-electron chi connectivity index (χ2n) is 6.20. The molecule has 2 aromatic carbocycles. The van der Waals surface area contributed by atoms with Gasteiger partial charge in [0.15, 0.2) is 0 Å². The number of anilines is 2. The van der Waals surface area contributed by atoms with E-state index < -0.39 is 0 Å². The van der Waals surface area contributed by atoms with Crippen molar-refractivity contribution in [2.45, 2.75) is 32.7 Å². The van der Waals surface area contributed by atoms with Crippen LogP contribution in [0.4, 0.5) is 11.4 Å². The van der Waals surface area contributed by atoms with E-state index in [-0.39, 0.29) is 5.41 Å². The van der Waals surface area contributed by atoms with Gasteiger partial charge in [0.05, 0.1) is 0 Å². The van der Waals surface area contributed by atoms with E-state index >= 15 is 0 Å². The van der Waals surface area contributed by atoms with Gasteiger partial charge in [-0.1, -0.05) is 51.1 Å². The van der Waals surface area contributed by atoms with Gasteiger partial charge in [0.2, 0.25) is 0 Å². The van der Waals surface area contributed by atoms with Gasteiger partial charge in [-0.05, 0) is 34.7 Å². The number of para-hydroxylation sites is 1. The molecule has 0 aromatic heterocycles. The number of nitrogens with zero attached hydrogens (tertiary/aromatic N) is 1. The van der Waals surface area contributed by atoms with E-state index in [1.165, 1.54) is 16.9 Å². The zero-order valence-electron chi connectivity index (χ0n) is 12.9. The predicted octanol–water partition coefficient (Wildman–Crippen LogP) is 4.21. The molecule has 0 radical (unpaired) electrons. The van der Waals surface area contributed by atoms with Gasteiger partial charge in [0.25, 0.3) is 0 Å². The maximum atomic E-state index is 5.65. The zero-order chi connectivity index (χ0) is 14.8. The average molecular weight is 268 g/mol. The van der Waals surface area contributed by atoms with Gasteiger partial charge in [-0.2, -0.15) is 0 Å². The highest BCUT2D eigenvalue weighted by Crippen LogP contribution is 2.34. The number of hydrogen-bond donors (Lipinski definition) is 1. The third kappa shape index (κ3) is 3.02. The summed E-state index contributed by atoms with van der Waals surface area (Å²) in [6.07, 6.45) is 0. The number of rotatable bonds is 3. The summed E-state index contributed by atoms with van der Waals surface area (Å²) in [6.45, 7) is 7.33. The van der Waals surface area contributed by atoms with Crippen LogP contribution in [0.3, 0.4) is 0 Å². The molecule has 2 rings (SSSR count). The molecule has 0 aliphatic heterocycles. The normalized spacial score (nSPS) is 11.4. The number of hydrogen-bond acceptors (Lipinski definition) is 2. The van der Waals surface area contributed by atoms with Crippen molar-refractivity contribution in [2.75, 3.05) is 11.9 Å². The second kappa shape index (κ2) is 5.68. The molecule has 0 atom stereocenters. The van der Waals surface area contributed by atoms with E-state index in [2.05, 4.69) is 81.2 Å². The molecule has 0 bridgehead atoms. The van der Waals surface area contributed by atoms with Crippen LogP contribution in [0.2, 0.25) is 0 Å². The molecule has 0 fully saturated rings. The largest absolute Gasteiger partial charge is 0.344 e. The van der Waals surface area contributed by atoms with Crippen LogP contribution in [0.25, 0.3) is 0 Å². The van der Waals surface area contributed by atoms with Gasteiger partial charge in [0.1, 0.15) is 0 Å². The molecular formula is C18H24N2. The Labute approximate surface area is 122 Å². The minimum absolute atomic E-state index is 0.127. The highest BCUT2D eigenvalue weighted by Gasteiger charge is 2.19. The van der Waals surface area contributed by atoms with Gasteiger partial charge < -0.3 is 10.6 Å². The topological polar surface area (TPSA) is 29.3 Å². The van der Waals surface area contributed by atoms with Crippen molar-refractivity contribution >= 4 is 11.4 Å². The van der Waals surface area contributed by atoms with E-state index in [1.807, 2.05) is 0 Å². The minimum atomic E-state index is 0.127. The fraction of sp³-hybridized carbons (Fsp3) is 0.333. The van der Waals surface area contributed by atoms with Crippen LogP contribution < -0.4 is 10.6 Å². The maximum absolute atomic E-state index is 5.65. The lowest BCUT2D eigenvalue weighted by molar-refractivity contribution is 0.590. The fourth-order valence-corrected chi connectivity index (χ4v) is 2.40. The minimum Gasteiger partial charge on any atom is -0.344 e. The molecule has 0 heterocycles. The summed E-state index contributed by atoms with van der Waals surface area (Å²) in [6, 6.07) is 17.0. The highest BCUT2D eigenvalue weighted by molar-refractivity contribution is 5.67. The van der Waals surface area contributed by atoms with Gasteiger partial charge >= 0.3 is 0 Å². The van der Waals surface area contributed by atoms with Crippen molar-refractivity contribution < 1.29 is 0 Å². The van der Waals surface area contributed by atoms with Crippen LogP contribution >= 0.6 is 0 Å². The maximum Gasteiger partial charge on any atom is 0.0446 e. The van der Waals surface area contributed by atoms with Crippen molar-refractivity contribution in [3.05, 3.63) is 59.7 Å². The Kier molecular flexibility index (Phi) is 4.15. The quantitative estimate of drug-likeness (QED) is 0.903. The zero-order valence-corrected chi connectivity index (χ0v) is 12.9. The van der Waals surface area contributed by atoms with Crippen molar-refractivity contribution in [1.29, 1.82) is 0 Å². The third-order valence-corrected chi connectivity index (χ3v) is 3.63. The summed E-state index contributed by atoms with van der Waals surface area (Å²) in [4.78, 5) is 2.24. The van der Waals surface area contributed by atoms with Crippen molar-refractivity contribution in [3.63, 3.8) is 0 Å². The first-order valence-corrected chi connectivity index (χ1v) is 7.05. The lowest BCUT2D eigenvalue weighted by Gasteiger charge is -2.29. The SMILES string of the molecule is CN(c1ccc(CN)cc1)c1ccccc1C(C)(C)C. The molecule has 0 saturated carbocycles. The van der Waals surface area contributed by atoms with Crippen molar-refractivity contribution in [1.82, 2.24) is 0 Å². The first-order chi connectivity index (χ1) is 9.43. The third-order valence-electron chi connectivity index (χ3n) is 3.63. The summed E-state index contributed by atoms with van der Waals surface area (Å²) >= 11 is 0. The molecule has 2 aromatic rings. The van der Waals surface area contributed by atoms with E-state index in [1.54, 1.807) is 0 Å². The van der Waals surface area contributed by atoms with Crippen LogP contribution in [-0.2, 0) is 12.0 Å². The van der Waals surface area contributed by atoms with Crippen LogP contribution in [0.5, 0.6) is 0 Å². The molecule has 0 unspecified atom stereocenters. The number of nitrogens with two attached hydrogens (primary N) is 1. The predicted molar refractivity (Wildman–Crippen MR) is 87.5 cm³/mol. The molecule has 0 amide bonds. The summed E-state index contributed by atoms with van der Waals surface area (Å²) in [5, 5.41) is 0. The van der Waals surface area contributed by atoms with Gasteiger partial charge in [-0.25, -0.2) is 0 Å². The van der Waals surface area contributed by atoms with Gasteiger partial charge in [-0.15, -0.1) is 0 Å². The summed E-state index contributed by atoms with van der Waals surface area (Å²) < 4.78 is 0. The summed E-state index contributed by atoms with van der Waals surface area (Å²) in [5.74, 6) is 0. The first kappa shape index (κ1) is 14.6. The fourth-order valence-electron chi connectivity index (χ4n) is 2.40. The molecule has 20 heavy (non-hydrogen) atoms. The van der Waals surface area contributed by atoms with E-state index in [0.717, 1.165) is 5.56 Å². The molecule has 2 N–H and O–H groups in total. The monoisotopic (exact) mass is 268 g/mol.